The molecular formula is C20H21N3O3. The third-order valence-corrected chi connectivity index (χ3v) is 4.07. The third-order valence-electron chi connectivity index (χ3n) is 4.07. The number of hydrogen-bond acceptors (Lipinski definition) is 5. The lowest BCUT2D eigenvalue weighted by Gasteiger charge is -2.22. The molecule has 1 heterocycles. The molecule has 3 rings (SSSR count). The van der Waals surface area contributed by atoms with Crippen molar-refractivity contribution in [2.45, 2.75) is 32.8 Å². The van der Waals surface area contributed by atoms with Crippen molar-refractivity contribution in [1.29, 1.82) is 0 Å². The van der Waals surface area contributed by atoms with Crippen LogP contribution in [-0.4, -0.2) is 26.1 Å². The zero-order valence-corrected chi connectivity index (χ0v) is 15.1. The monoisotopic (exact) mass is 351 g/mol. The number of rotatable bonds is 4. The van der Waals surface area contributed by atoms with Gasteiger partial charge in [0.15, 0.2) is 0 Å². The number of phenolic OH excluding ortho intramolecular Hbond substituents is 1. The summed E-state index contributed by atoms with van der Waals surface area (Å²) in [5.74, 6) is -0.565. The summed E-state index contributed by atoms with van der Waals surface area (Å²) in [4.78, 5) is 12.8. The Morgan fingerprint density at radius 1 is 1.23 bits per heavy atom. The van der Waals surface area contributed by atoms with Crippen LogP contribution in [0.3, 0.4) is 0 Å². The van der Waals surface area contributed by atoms with Gasteiger partial charge in [-0.2, -0.15) is 0 Å². The highest BCUT2D eigenvalue weighted by atomic mass is 16.5. The standard InChI is InChI=1S/C20H21N3O3/c1-5-18(24)26-12-13-10-14(20(2,3)4)11-17(19(13)25)23-21-15-8-6-7-9-16(15)22-23/h5-11,25H,1,12H2,2-4H3. The summed E-state index contributed by atoms with van der Waals surface area (Å²) < 4.78 is 5.11. The van der Waals surface area contributed by atoms with Gasteiger partial charge >= 0.3 is 5.97 Å². The Kier molecular flexibility index (Phi) is 4.50. The maximum atomic E-state index is 11.4. The van der Waals surface area contributed by atoms with Crippen molar-refractivity contribution >= 4 is 17.0 Å². The number of esters is 1. The lowest BCUT2D eigenvalue weighted by molar-refractivity contribution is -0.139. The number of hydrogen-bond donors (Lipinski definition) is 1. The molecule has 134 valence electrons. The minimum absolute atomic E-state index is 0.0184. The Balaban J connectivity index is 2.13. The molecule has 0 atom stereocenters. The topological polar surface area (TPSA) is 77.2 Å². The summed E-state index contributed by atoms with van der Waals surface area (Å²) >= 11 is 0. The number of aromatic hydroxyl groups is 1. The minimum Gasteiger partial charge on any atom is -0.505 e. The average Bonchev–Trinajstić information content (AvgIpc) is 3.03. The fourth-order valence-corrected chi connectivity index (χ4v) is 2.55. The first-order valence-electron chi connectivity index (χ1n) is 8.27. The van der Waals surface area contributed by atoms with E-state index in [4.69, 9.17) is 4.74 Å². The van der Waals surface area contributed by atoms with Crippen LogP contribution in [0.4, 0.5) is 0 Å². The normalized spacial score (nSPS) is 11.5. The van der Waals surface area contributed by atoms with Crippen molar-refractivity contribution in [3.63, 3.8) is 0 Å². The van der Waals surface area contributed by atoms with Crippen LogP contribution < -0.4 is 0 Å². The highest BCUT2D eigenvalue weighted by Crippen LogP contribution is 2.33. The Hall–Kier alpha value is -3.15. The van der Waals surface area contributed by atoms with Crippen LogP contribution in [0.1, 0.15) is 31.9 Å². The number of nitrogens with zero attached hydrogens (tertiary/aromatic N) is 3. The van der Waals surface area contributed by atoms with Crippen LogP contribution >= 0.6 is 0 Å². The van der Waals surface area contributed by atoms with Crippen LogP contribution in [0, 0.1) is 0 Å². The molecule has 0 saturated carbocycles. The molecule has 0 aliphatic rings. The lowest BCUT2D eigenvalue weighted by Crippen LogP contribution is -2.14. The Morgan fingerprint density at radius 3 is 2.38 bits per heavy atom. The van der Waals surface area contributed by atoms with E-state index in [2.05, 4.69) is 37.5 Å². The van der Waals surface area contributed by atoms with Crippen molar-refractivity contribution < 1.29 is 14.6 Å². The van der Waals surface area contributed by atoms with Gasteiger partial charge in [-0.15, -0.1) is 15.0 Å². The highest BCUT2D eigenvalue weighted by molar-refractivity contribution is 5.81. The smallest absolute Gasteiger partial charge is 0.330 e. The van der Waals surface area contributed by atoms with Gasteiger partial charge in [0.05, 0.1) is 0 Å². The largest absolute Gasteiger partial charge is 0.505 e. The molecule has 0 saturated heterocycles. The Bertz CT molecular complexity index is 951. The average molecular weight is 351 g/mol. The SMILES string of the molecule is C=CC(=O)OCc1cc(C(C)(C)C)cc(-n2nc3ccccc3n2)c1O. The first-order valence-corrected chi connectivity index (χ1v) is 8.27. The Labute approximate surface area is 151 Å². The van der Waals surface area contributed by atoms with E-state index in [9.17, 15) is 9.90 Å². The summed E-state index contributed by atoms with van der Waals surface area (Å²) in [6, 6.07) is 11.2. The number of aromatic nitrogens is 3. The molecule has 0 bridgehead atoms. The van der Waals surface area contributed by atoms with Gasteiger partial charge < -0.3 is 9.84 Å². The van der Waals surface area contributed by atoms with E-state index in [0.717, 1.165) is 22.7 Å². The first-order chi connectivity index (χ1) is 12.3. The quantitative estimate of drug-likeness (QED) is 0.573. The molecule has 0 aliphatic heterocycles. The van der Waals surface area contributed by atoms with Crippen molar-refractivity contribution in [1.82, 2.24) is 15.0 Å². The van der Waals surface area contributed by atoms with Crippen molar-refractivity contribution in [3.8, 4) is 11.4 Å². The second-order valence-corrected chi connectivity index (χ2v) is 7.04. The summed E-state index contributed by atoms with van der Waals surface area (Å²) in [6.45, 7) is 9.51. The summed E-state index contributed by atoms with van der Waals surface area (Å²) in [5.41, 5.74) is 3.19. The van der Waals surface area contributed by atoms with Crippen LogP contribution in [-0.2, 0) is 21.6 Å². The second kappa shape index (κ2) is 6.63. The van der Waals surface area contributed by atoms with Crippen LogP contribution in [0.15, 0.2) is 49.1 Å². The fraction of sp³-hybridized carbons (Fsp3) is 0.250. The van der Waals surface area contributed by atoms with E-state index in [0.29, 0.717) is 11.3 Å². The van der Waals surface area contributed by atoms with Gasteiger partial charge in [0.25, 0.3) is 0 Å². The zero-order valence-electron chi connectivity index (χ0n) is 15.1. The van der Waals surface area contributed by atoms with Crippen LogP contribution in [0.2, 0.25) is 0 Å². The number of benzene rings is 2. The lowest BCUT2D eigenvalue weighted by atomic mass is 9.85. The van der Waals surface area contributed by atoms with E-state index in [1.54, 1.807) is 0 Å². The van der Waals surface area contributed by atoms with Crippen LogP contribution in [0.25, 0.3) is 16.7 Å². The summed E-state index contributed by atoms with van der Waals surface area (Å²) in [6.07, 6.45) is 1.09. The minimum atomic E-state index is -0.546. The molecule has 3 aromatic rings. The molecule has 6 nitrogen and oxygen atoms in total. The second-order valence-electron chi connectivity index (χ2n) is 7.04. The van der Waals surface area contributed by atoms with Crippen molar-refractivity contribution in [3.05, 3.63) is 60.2 Å². The van der Waals surface area contributed by atoms with E-state index < -0.39 is 5.97 Å². The molecule has 26 heavy (non-hydrogen) atoms. The van der Waals surface area contributed by atoms with E-state index in [1.165, 1.54) is 4.80 Å². The summed E-state index contributed by atoms with van der Waals surface area (Å²) in [5, 5.41) is 19.6. The maximum absolute atomic E-state index is 11.4. The molecule has 0 fully saturated rings. The first kappa shape index (κ1) is 17.7. The summed E-state index contributed by atoms with van der Waals surface area (Å²) in [7, 11) is 0. The molecule has 0 aliphatic carbocycles. The molecule has 0 amide bonds. The zero-order chi connectivity index (χ0) is 18.9. The van der Waals surface area contributed by atoms with Crippen molar-refractivity contribution in [2.75, 3.05) is 0 Å². The van der Waals surface area contributed by atoms with Crippen LogP contribution in [0.5, 0.6) is 5.75 Å². The number of carbonyl (C=O) groups excluding carboxylic acids is 1. The maximum Gasteiger partial charge on any atom is 0.330 e. The molecule has 1 aromatic heterocycles. The van der Waals surface area contributed by atoms with Gasteiger partial charge in [-0.1, -0.05) is 39.5 Å². The number of ether oxygens (including phenoxy) is 1. The predicted octanol–water partition coefficient (Wildman–Crippen LogP) is 3.65. The number of carbonyl (C=O) groups is 1. The predicted molar refractivity (Wildman–Crippen MR) is 99.2 cm³/mol. The highest BCUT2D eigenvalue weighted by Gasteiger charge is 2.21. The van der Waals surface area contributed by atoms with E-state index >= 15 is 0 Å². The van der Waals surface area contributed by atoms with Gasteiger partial charge in [0, 0.05) is 11.6 Å². The van der Waals surface area contributed by atoms with Gasteiger partial charge in [0.1, 0.15) is 29.1 Å². The van der Waals surface area contributed by atoms with E-state index in [-0.39, 0.29) is 17.8 Å². The molecule has 6 heteroatoms. The van der Waals surface area contributed by atoms with Crippen molar-refractivity contribution in [2.24, 2.45) is 0 Å². The molecule has 0 spiro atoms. The van der Waals surface area contributed by atoms with Gasteiger partial charge in [-0.3, -0.25) is 0 Å². The molecule has 0 unspecified atom stereocenters. The van der Waals surface area contributed by atoms with Gasteiger partial charge in [0.2, 0.25) is 0 Å². The number of phenols is 1. The third kappa shape index (κ3) is 3.44. The van der Waals surface area contributed by atoms with Gasteiger partial charge in [-0.05, 0) is 35.2 Å². The molecular weight excluding hydrogens is 330 g/mol. The van der Waals surface area contributed by atoms with Gasteiger partial charge in [-0.25, -0.2) is 4.79 Å². The fourth-order valence-electron chi connectivity index (χ4n) is 2.55. The number of fused-ring (bicyclic) bond motifs is 1. The Morgan fingerprint density at radius 2 is 1.85 bits per heavy atom. The van der Waals surface area contributed by atoms with E-state index in [1.807, 2.05) is 36.4 Å². The molecule has 0 radical (unpaired) electrons. The molecule has 1 N–H and O–H groups in total. The molecule has 2 aromatic carbocycles.